The number of nitrogens with zero attached hydrogens (tertiary/aromatic N) is 2. The van der Waals surface area contributed by atoms with Gasteiger partial charge in [0.15, 0.2) is 5.96 Å². The first-order valence-electron chi connectivity index (χ1n) is 11.1. The first-order valence-corrected chi connectivity index (χ1v) is 11.1. The fourth-order valence-electron chi connectivity index (χ4n) is 4.17. The molecule has 0 aromatic heterocycles. The number of rotatable bonds is 9. The third kappa shape index (κ3) is 7.11. The van der Waals surface area contributed by atoms with Crippen LogP contribution < -0.4 is 14.8 Å². The number of guanidine groups is 1. The molecule has 162 valence electrons. The summed E-state index contributed by atoms with van der Waals surface area (Å²) in [6.07, 6.45) is 9.00. The number of methoxy groups -OCH3 is 1. The molecule has 3 rings (SSSR count). The zero-order chi connectivity index (χ0) is 20.3. The van der Waals surface area contributed by atoms with Crippen LogP contribution in [0.4, 0.5) is 0 Å². The third-order valence-electron chi connectivity index (χ3n) is 5.91. The predicted octanol–water partition coefficient (Wildman–Crippen LogP) is 3.71. The van der Waals surface area contributed by atoms with Gasteiger partial charge in [0.25, 0.3) is 0 Å². The molecule has 6 nitrogen and oxygen atoms in total. The third-order valence-corrected chi connectivity index (χ3v) is 5.91. The van der Waals surface area contributed by atoms with Gasteiger partial charge >= 0.3 is 0 Å². The average molecular weight is 404 g/mol. The van der Waals surface area contributed by atoms with E-state index >= 15 is 0 Å². The van der Waals surface area contributed by atoms with Gasteiger partial charge in [-0.1, -0.05) is 18.9 Å². The van der Waals surface area contributed by atoms with Crippen molar-refractivity contribution in [3.8, 4) is 11.5 Å². The van der Waals surface area contributed by atoms with Crippen LogP contribution >= 0.6 is 0 Å². The van der Waals surface area contributed by atoms with Crippen LogP contribution in [0.3, 0.4) is 0 Å². The zero-order valence-corrected chi connectivity index (χ0v) is 18.1. The van der Waals surface area contributed by atoms with Crippen molar-refractivity contribution in [3.05, 3.63) is 24.3 Å². The van der Waals surface area contributed by atoms with Crippen molar-refractivity contribution in [2.75, 3.05) is 47.0 Å². The number of hydrogen-bond acceptors (Lipinski definition) is 4. The number of ether oxygens (including phenoxy) is 3. The van der Waals surface area contributed by atoms with Crippen LogP contribution in [0, 0.1) is 5.92 Å². The molecule has 1 saturated heterocycles. The van der Waals surface area contributed by atoms with E-state index in [1.807, 2.05) is 31.3 Å². The fourth-order valence-corrected chi connectivity index (χ4v) is 4.17. The topological polar surface area (TPSA) is 55.3 Å². The second kappa shape index (κ2) is 11.9. The SMILES string of the molecule is CN=C(NCCCOc1cccc(OC)c1)N1CCC(OCC2CCCC2)CC1. The molecule has 0 spiro atoms. The molecule has 1 N–H and O–H groups in total. The molecule has 1 aromatic rings. The Bertz CT molecular complexity index is 624. The van der Waals surface area contributed by atoms with Crippen LogP contribution in [0.1, 0.15) is 44.9 Å². The van der Waals surface area contributed by atoms with Gasteiger partial charge in [0, 0.05) is 39.4 Å². The lowest BCUT2D eigenvalue weighted by Gasteiger charge is -2.34. The Labute approximate surface area is 175 Å². The van der Waals surface area contributed by atoms with Crippen molar-refractivity contribution in [1.29, 1.82) is 0 Å². The van der Waals surface area contributed by atoms with Crippen LogP contribution in [-0.4, -0.2) is 64.0 Å². The van der Waals surface area contributed by atoms with Crippen molar-refractivity contribution < 1.29 is 14.2 Å². The highest BCUT2D eigenvalue weighted by Gasteiger charge is 2.23. The summed E-state index contributed by atoms with van der Waals surface area (Å²) < 4.78 is 17.2. The fraction of sp³-hybridized carbons (Fsp3) is 0.696. The van der Waals surface area contributed by atoms with Crippen LogP contribution in [0.25, 0.3) is 0 Å². The quantitative estimate of drug-likeness (QED) is 0.387. The summed E-state index contributed by atoms with van der Waals surface area (Å²) in [6, 6.07) is 7.72. The molecule has 2 fully saturated rings. The molecule has 1 heterocycles. The zero-order valence-electron chi connectivity index (χ0n) is 18.1. The molecule has 6 heteroatoms. The largest absolute Gasteiger partial charge is 0.497 e. The summed E-state index contributed by atoms with van der Waals surface area (Å²) in [5.41, 5.74) is 0. The molecular weight excluding hydrogens is 366 g/mol. The summed E-state index contributed by atoms with van der Waals surface area (Å²) in [5, 5.41) is 3.47. The molecule has 2 aliphatic rings. The lowest BCUT2D eigenvalue weighted by molar-refractivity contribution is 0.00102. The van der Waals surface area contributed by atoms with Crippen molar-refractivity contribution in [3.63, 3.8) is 0 Å². The van der Waals surface area contributed by atoms with Gasteiger partial charge in [-0.2, -0.15) is 0 Å². The van der Waals surface area contributed by atoms with Crippen LogP contribution in [0.5, 0.6) is 11.5 Å². The summed E-state index contributed by atoms with van der Waals surface area (Å²) in [6.45, 7) is 4.48. The van der Waals surface area contributed by atoms with Crippen LogP contribution in [0.15, 0.2) is 29.3 Å². The number of aliphatic imine (C=N–C) groups is 1. The van der Waals surface area contributed by atoms with Crippen LogP contribution in [-0.2, 0) is 4.74 Å². The predicted molar refractivity (Wildman–Crippen MR) is 117 cm³/mol. The standard InChI is InChI=1S/C23H37N3O3/c1-24-23(25-13-6-16-28-22-10-5-9-21(17-22)27-2)26-14-11-20(12-15-26)29-18-19-7-3-4-8-19/h5,9-10,17,19-20H,3-4,6-8,11-16,18H2,1-2H3,(H,24,25). The van der Waals surface area contributed by atoms with E-state index in [0.717, 1.165) is 68.9 Å². The maximum absolute atomic E-state index is 6.19. The molecular formula is C23H37N3O3. The molecule has 0 atom stereocenters. The maximum Gasteiger partial charge on any atom is 0.193 e. The Morgan fingerprint density at radius 3 is 2.62 bits per heavy atom. The molecule has 0 amide bonds. The van der Waals surface area contributed by atoms with E-state index in [-0.39, 0.29) is 0 Å². The lowest BCUT2D eigenvalue weighted by atomic mass is 10.1. The maximum atomic E-state index is 6.19. The Morgan fingerprint density at radius 1 is 1.14 bits per heavy atom. The van der Waals surface area contributed by atoms with E-state index in [2.05, 4.69) is 15.2 Å². The molecule has 1 saturated carbocycles. The Balaban J connectivity index is 1.29. The number of piperidine rings is 1. The van der Waals surface area contributed by atoms with Gasteiger partial charge in [0.05, 0.1) is 19.8 Å². The van der Waals surface area contributed by atoms with E-state index in [1.54, 1.807) is 7.11 Å². The molecule has 1 aliphatic heterocycles. The second-order valence-corrected chi connectivity index (χ2v) is 8.03. The smallest absolute Gasteiger partial charge is 0.193 e. The normalized spacial score (nSPS) is 18.8. The number of nitrogens with one attached hydrogen (secondary N) is 1. The minimum absolute atomic E-state index is 0.418. The van der Waals surface area contributed by atoms with Crippen LogP contribution in [0.2, 0.25) is 0 Å². The number of benzene rings is 1. The van der Waals surface area contributed by atoms with Gasteiger partial charge < -0.3 is 24.4 Å². The van der Waals surface area contributed by atoms with E-state index in [9.17, 15) is 0 Å². The summed E-state index contributed by atoms with van der Waals surface area (Å²) >= 11 is 0. The molecule has 1 aromatic carbocycles. The van der Waals surface area contributed by atoms with Gasteiger partial charge in [-0.25, -0.2) is 0 Å². The first-order chi connectivity index (χ1) is 14.3. The summed E-state index contributed by atoms with van der Waals surface area (Å²) in [4.78, 5) is 6.80. The average Bonchev–Trinajstić information content (AvgIpc) is 3.29. The van der Waals surface area contributed by atoms with Gasteiger partial charge in [-0.15, -0.1) is 0 Å². The van der Waals surface area contributed by atoms with Gasteiger partial charge in [0.2, 0.25) is 0 Å². The summed E-state index contributed by atoms with van der Waals surface area (Å²) in [5.74, 6) is 3.45. The molecule has 0 bridgehead atoms. The van der Waals surface area contributed by atoms with Crippen molar-refractivity contribution in [2.45, 2.75) is 51.0 Å². The Morgan fingerprint density at radius 2 is 1.90 bits per heavy atom. The highest BCUT2D eigenvalue weighted by atomic mass is 16.5. The number of hydrogen-bond donors (Lipinski definition) is 1. The first kappa shape index (κ1) is 21.8. The van der Waals surface area contributed by atoms with Gasteiger partial charge in [0.1, 0.15) is 11.5 Å². The van der Waals surface area contributed by atoms with Gasteiger partial charge in [-0.05, 0) is 50.2 Å². The molecule has 0 unspecified atom stereocenters. The highest BCUT2D eigenvalue weighted by Crippen LogP contribution is 2.26. The van der Waals surface area contributed by atoms with E-state index in [4.69, 9.17) is 14.2 Å². The number of likely N-dealkylation sites (tertiary alicyclic amines) is 1. The minimum Gasteiger partial charge on any atom is -0.497 e. The minimum atomic E-state index is 0.418. The monoisotopic (exact) mass is 403 g/mol. The Kier molecular flexibility index (Phi) is 8.93. The van der Waals surface area contributed by atoms with E-state index < -0.39 is 0 Å². The van der Waals surface area contributed by atoms with Crippen molar-refractivity contribution >= 4 is 5.96 Å². The lowest BCUT2D eigenvalue weighted by Crippen LogP contribution is -2.47. The molecule has 1 aliphatic carbocycles. The van der Waals surface area contributed by atoms with Crippen molar-refractivity contribution in [1.82, 2.24) is 10.2 Å². The van der Waals surface area contributed by atoms with E-state index in [1.165, 1.54) is 25.7 Å². The molecule has 0 radical (unpaired) electrons. The van der Waals surface area contributed by atoms with Gasteiger partial charge in [-0.3, -0.25) is 4.99 Å². The summed E-state index contributed by atoms with van der Waals surface area (Å²) in [7, 11) is 3.52. The highest BCUT2D eigenvalue weighted by molar-refractivity contribution is 5.79. The second-order valence-electron chi connectivity index (χ2n) is 8.03. The molecule has 29 heavy (non-hydrogen) atoms. The Hall–Kier alpha value is -1.95. The van der Waals surface area contributed by atoms with Crippen molar-refractivity contribution in [2.24, 2.45) is 10.9 Å². The van der Waals surface area contributed by atoms with E-state index in [0.29, 0.717) is 12.7 Å².